The molecule has 12 nitrogen and oxygen atoms in total. The van der Waals surface area contributed by atoms with E-state index in [0.29, 0.717) is 30.4 Å². The average Bonchev–Trinajstić information content (AvgIpc) is 3.75. The smallest absolute Gasteiger partial charge is 0.328 e. The highest BCUT2D eigenvalue weighted by atomic mass is 16.5. The zero-order valence-corrected chi connectivity index (χ0v) is 27.4. The maximum Gasteiger partial charge on any atom is 0.328 e. The van der Waals surface area contributed by atoms with Gasteiger partial charge >= 0.3 is 5.97 Å². The van der Waals surface area contributed by atoms with E-state index >= 15 is 0 Å². The number of carbonyl (C=O) groups excluding carboxylic acids is 4. The van der Waals surface area contributed by atoms with Crippen LogP contribution in [0, 0.1) is 0 Å². The zero-order chi connectivity index (χ0) is 34.3. The number of carbonyl (C=O) groups is 4. The summed E-state index contributed by atoms with van der Waals surface area (Å²) in [6, 6.07) is 22.1. The molecule has 1 fully saturated rings. The van der Waals surface area contributed by atoms with Gasteiger partial charge in [0.05, 0.1) is 43.2 Å². The summed E-state index contributed by atoms with van der Waals surface area (Å²) in [5.74, 6) is -1.54. The Morgan fingerprint density at radius 2 is 1.71 bits per heavy atom. The molecule has 5 rings (SSSR count). The van der Waals surface area contributed by atoms with Crippen LogP contribution in [0.25, 0.3) is 11.0 Å². The average molecular weight is 655 g/mol. The minimum Gasteiger partial charge on any atom is -0.467 e. The monoisotopic (exact) mass is 654 g/mol. The normalized spacial score (nSPS) is 15.9. The van der Waals surface area contributed by atoms with Crippen LogP contribution in [0.15, 0.2) is 85.2 Å². The van der Waals surface area contributed by atoms with E-state index in [2.05, 4.69) is 15.6 Å². The number of hydrogen-bond donors (Lipinski definition) is 3. The zero-order valence-electron chi connectivity index (χ0n) is 27.4. The van der Waals surface area contributed by atoms with Crippen molar-refractivity contribution in [1.29, 1.82) is 0 Å². The molecule has 0 aliphatic carbocycles. The summed E-state index contributed by atoms with van der Waals surface area (Å²) in [7, 11) is 1.33. The maximum atomic E-state index is 14.1. The van der Waals surface area contributed by atoms with E-state index in [-0.39, 0.29) is 25.7 Å². The molecule has 3 amide bonds. The van der Waals surface area contributed by atoms with Crippen LogP contribution < -0.4 is 16.4 Å². The molecule has 1 aromatic heterocycles. The number of ether oxygens (including phenoxy) is 2. The fourth-order valence-corrected chi connectivity index (χ4v) is 5.73. The first-order chi connectivity index (χ1) is 23.1. The van der Waals surface area contributed by atoms with Crippen molar-refractivity contribution in [3.8, 4) is 0 Å². The van der Waals surface area contributed by atoms with Gasteiger partial charge < -0.3 is 35.3 Å². The van der Waals surface area contributed by atoms with Crippen LogP contribution in [0.2, 0.25) is 0 Å². The Morgan fingerprint density at radius 1 is 1.00 bits per heavy atom. The molecule has 1 saturated heterocycles. The van der Waals surface area contributed by atoms with E-state index < -0.39 is 41.4 Å². The van der Waals surface area contributed by atoms with Crippen molar-refractivity contribution in [1.82, 2.24) is 25.1 Å². The molecule has 0 spiro atoms. The van der Waals surface area contributed by atoms with E-state index in [4.69, 9.17) is 15.2 Å². The van der Waals surface area contributed by atoms with Crippen molar-refractivity contribution in [3.05, 3.63) is 102 Å². The van der Waals surface area contributed by atoms with Crippen molar-refractivity contribution < 1.29 is 28.7 Å². The predicted octanol–water partition coefficient (Wildman–Crippen LogP) is 2.84. The van der Waals surface area contributed by atoms with Crippen LogP contribution in [-0.2, 0) is 41.8 Å². The van der Waals surface area contributed by atoms with Crippen LogP contribution in [0.3, 0.4) is 0 Å². The number of methoxy groups -OCH3 is 1. The molecule has 4 N–H and O–H groups in total. The Bertz CT molecular complexity index is 1740. The van der Waals surface area contributed by atoms with Crippen molar-refractivity contribution in [3.63, 3.8) is 0 Å². The first-order valence-electron chi connectivity index (χ1n) is 15.9. The van der Waals surface area contributed by atoms with Gasteiger partial charge in [0.15, 0.2) is 0 Å². The number of imidazole rings is 1. The van der Waals surface area contributed by atoms with Crippen molar-refractivity contribution >= 4 is 34.7 Å². The number of benzene rings is 3. The number of likely N-dealkylation sites (tertiary alicyclic amines) is 1. The summed E-state index contributed by atoms with van der Waals surface area (Å²) in [6.07, 6.45) is 2.88. The van der Waals surface area contributed by atoms with Gasteiger partial charge in [-0.25, -0.2) is 9.78 Å². The second kappa shape index (κ2) is 15.2. The SMILES string of the molecule is COC(=O)C1CCCN1C(=O)C(c1ccccc1)n1cnc2cc(CNC(=O)[C@@H](COCc3ccccc3)NC(=O)C(C)(C)N)ccc21. The van der Waals surface area contributed by atoms with Gasteiger partial charge in [0, 0.05) is 13.1 Å². The first-order valence-corrected chi connectivity index (χ1v) is 15.9. The highest BCUT2D eigenvalue weighted by molar-refractivity contribution is 5.92. The number of nitrogens with two attached hydrogens (primary N) is 1. The van der Waals surface area contributed by atoms with Crippen molar-refractivity contribution in [2.75, 3.05) is 20.3 Å². The molecule has 1 aliphatic heterocycles. The summed E-state index contributed by atoms with van der Waals surface area (Å²) >= 11 is 0. The molecule has 12 heteroatoms. The molecular weight excluding hydrogens is 612 g/mol. The number of amides is 3. The molecule has 1 aliphatic rings. The summed E-state index contributed by atoms with van der Waals surface area (Å²) in [5.41, 5.74) is 8.59. The van der Waals surface area contributed by atoms with E-state index in [1.807, 2.05) is 83.4 Å². The van der Waals surface area contributed by atoms with Crippen LogP contribution in [0.1, 0.15) is 49.4 Å². The van der Waals surface area contributed by atoms with Crippen LogP contribution in [-0.4, -0.2) is 76.0 Å². The molecule has 48 heavy (non-hydrogen) atoms. The van der Waals surface area contributed by atoms with E-state index in [9.17, 15) is 19.2 Å². The topological polar surface area (TPSA) is 158 Å². The third-order valence-corrected chi connectivity index (χ3v) is 8.35. The number of nitrogens with one attached hydrogen (secondary N) is 2. The van der Waals surface area contributed by atoms with E-state index in [1.54, 1.807) is 25.1 Å². The standard InChI is InChI=1S/C36H42N6O6/c1-36(2,37)35(46)40-28(22-48-21-24-11-6-4-7-12-24)32(43)38-20-25-16-17-29-27(19-25)39-23-42(29)31(26-13-8-5-9-14-26)33(44)41-18-10-15-30(41)34(45)47-3/h4-9,11-14,16-17,19,23,28,30-31H,10,15,18,20-22,37H2,1-3H3,(H,38,43)(H,40,46)/t28-,30?,31?/m1/s1. The fourth-order valence-electron chi connectivity index (χ4n) is 5.73. The Hall–Kier alpha value is -5.07. The van der Waals surface area contributed by atoms with Crippen molar-refractivity contribution in [2.45, 2.75) is 63.5 Å². The third-order valence-electron chi connectivity index (χ3n) is 8.35. The number of rotatable bonds is 13. The highest BCUT2D eigenvalue weighted by Crippen LogP contribution is 2.30. The molecule has 2 unspecified atom stereocenters. The third kappa shape index (κ3) is 8.07. The molecule has 0 bridgehead atoms. The Labute approximate surface area is 279 Å². The second-order valence-electron chi connectivity index (χ2n) is 12.5. The fraction of sp³-hybridized carbons (Fsp3) is 0.361. The molecule has 2 heterocycles. The van der Waals surface area contributed by atoms with Gasteiger partial charge in [-0.05, 0) is 55.5 Å². The van der Waals surface area contributed by atoms with E-state index in [1.165, 1.54) is 7.11 Å². The van der Waals surface area contributed by atoms with Gasteiger partial charge in [-0.2, -0.15) is 0 Å². The molecule has 4 aromatic rings. The predicted molar refractivity (Wildman–Crippen MR) is 179 cm³/mol. The molecule has 252 valence electrons. The Kier molecular flexibility index (Phi) is 10.9. The van der Waals surface area contributed by atoms with Crippen LogP contribution in [0.4, 0.5) is 0 Å². The molecule has 0 saturated carbocycles. The Morgan fingerprint density at radius 3 is 2.40 bits per heavy atom. The van der Waals surface area contributed by atoms with Crippen molar-refractivity contribution in [2.24, 2.45) is 5.73 Å². The van der Waals surface area contributed by atoms with Gasteiger partial charge in [0.25, 0.3) is 5.91 Å². The minimum atomic E-state index is -1.18. The Balaban J connectivity index is 1.32. The highest BCUT2D eigenvalue weighted by Gasteiger charge is 2.39. The number of hydrogen-bond acceptors (Lipinski definition) is 8. The second-order valence-corrected chi connectivity index (χ2v) is 12.5. The minimum absolute atomic E-state index is 0.0469. The lowest BCUT2D eigenvalue weighted by Crippen LogP contribution is -2.57. The van der Waals surface area contributed by atoms with Crippen LogP contribution in [0.5, 0.6) is 0 Å². The van der Waals surface area contributed by atoms with Gasteiger partial charge in [-0.3, -0.25) is 14.4 Å². The summed E-state index contributed by atoms with van der Waals surface area (Å²) in [5, 5.41) is 5.59. The maximum absolute atomic E-state index is 14.1. The lowest BCUT2D eigenvalue weighted by Gasteiger charge is -2.28. The number of fused-ring (bicyclic) bond motifs is 1. The van der Waals surface area contributed by atoms with Gasteiger partial charge in [0.2, 0.25) is 11.8 Å². The number of esters is 1. The molecule has 3 aromatic carbocycles. The van der Waals surface area contributed by atoms with E-state index in [0.717, 1.165) is 16.7 Å². The molecular formula is C36H42N6O6. The lowest BCUT2D eigenvalue weighted by atomic mass is 10.0. The summed E-state index contributed by atoms with van der Waals surface area (Å²) in [4.78, 5) is 58.7. The number of nitrogens with zero attached hydrogens (tertiary/aromatic N) is 3. The molecule has 0 radical (unpaired) electrons. The summed E-state index contributed by atoms with van der Waals surface area (Å²) in [6.45, 7) is 3.98. The quantitative estimate of drug-likeness (QED) is 0.186. The molecule has 3 atom stereocenters. The summed E-state index contributed by atoms with van der Waals surface area (Å²) < 4.78 is 12.6. The van der Waals surface area contributed by atoms with Gasteiger partial charge in [-0.1, -0.05) is 66.7 Å². The first kappa shape index (κ1) is 34.3. The van der Waals surface area contributed by atoms with Gasteiger partial charge in [-0.15, -0.1) is 0 Å². The largest absolute Gasteiger partial charge is 0.467 e. The lowest BCUT2D eigenvalue weighted by molar-refractivity contribution is -0.151. The van der Waals surface area contributed by atoms with Crippen LogP contribution >= 0.6 is 0 Å². The number of aromatic nitrogens is 2. The van der Waals surface area contributed by atoms with Gasteiger partial charge in [0.1, 0.15) is 18.1 Å².